The van der Waals surface area contributed by atoms with Crippen molar-refractivity contribution >= 4 is 22.7 Å². The molecule has 0 bridgehead atoms. The van der Waals surface area contributed by atoms with Gasteiger partial charge in [-0.1, -0.05) is 6.07 Å². The highest BCUT2D eigenvalue weighted by Gasteiger charge is 2.23. The monoisotopic (exact) mass is 266 g/mol. The molecule has 2 heterocycles. The molecule has 4 N–H and O–H groups in total. The van der Waals surface area contributed by atoms with Crippen LogP contribution in [0.15, 0.2) is 30.9 Å². The zero-order valence-corrected chi connectivity index (χ0v) is 10.8. The maximum absolute atomic E-state index is 5.84. The Morgan fingerprint density at radius 1 is 1.25 bits per heavy atom. The quantitative estimate of drug-likeness (QED) is 0.617. The predicted octanol–water partition coefficient (Wildman–Crippen LogP) is 2.03. The number of fused-ring (bicyclic) bond motifs is 2. The van der Waals surface area contributed by atoms with Gasteiger partial charge in [0.15, 0.2) is 11.5 Å². The molecule has 0 fully saturated rings. The van der Waals surface area contributed by atoms with Crippen LogP contribution in [0.5, 0.6) is 0 Å². The second-order valence-electron chi connectivity index (χ2n) is 5.02. The molecule has 1 aliphatic rings. The molecule has 3 aromatic rings. The van der Waals surface area contributed by atoms with Gasteiger partial charge in [-0.3, -0.25) is 0 Å². The van der Waals surface area contributed by atoms with Crippen molar-refractivity contribution in [2.45, 2.75) is 18.9 Å². The lowest BCUT2D eigenvalue weighted by Gasteiger charge is -2.15. The van der Waals surface area contributed by atoms with E-state index < -0.39 is 0 Å². The zero-order chi connectivity index (χ0) is 13.5. The number of aromatic nitrogens is 4. The minimum absolute atomic E-state index is 0.256. The number of rotatable bonds is 2. The van der Waals surface area contributed by atoms with Crippen molar-refractivity contribution in [1.29, 1.82) is 0 Å². The van der Waals surface area contributed by atoms with Gasteiger partial charge in [0.1, 0.15) is 11.8 Å². The van der Waals surface area contributed by atoms with Crippen molar-refractivity contribution in [3.8, 4) is 0 Å². The number of benzene rings is 1. The minimum atomic E-state index is 0.256. The van der Waals surface area contributed by atoms with E-state index >= 15 is 0 Å². The molecule has 1 aromatic carbocycles. The maximum atomic E-state index is 5.84. The first-order valence-electron chi connectivity index (χ1n) is 6.60. The van der Waals surface area contributed by atoms with Crippen LogP contribution in [-0.2, 0) is 6.42 Å². The third-order valence-electron chi connectivity index (χ3n) is 3.78. The summed E-state index contributed by atoms with van der Waals surface area (Å²) in [5.74, 6) is 0.794. The van der Waals surface area contributed by atoms with Crippen molar-refractivity contribution in [3.05, 3.63) is 42.0 Å². The highest BCUT2D eigenvalue weighted by atomic mass is 15.1. The summed E-state index contributed by atoms with van der Waals surface area (Å²) in [6, 6.07) is 6.36. The SMILES string of the molecule is Nc1ccc2c(c1)CCC2Nc1ncnc2nc[nH]c12. The maximum Gasteiger partial charge on any atom is 0.182 e. The Hall–Kier alpha value is -2.63. The van der Waals surface area contributed by atoms with E-state index in [0.29, 0.717) is 5.65 Å². The van der Waals surface area contributed by atoms with E-state index in [2.05, 4.69) is 37.4 Å². The van der Waals surface area contributed by atoms with Crippen LogP contribution >= 0.6 is 0 Å². The second-order valence-corrected chi connectivity index (χ2v) is 5.02. The lowest BCUT2D eigenvalue weighted by molar-refractivity contribution is 0.758. The fourth-order valence-corrected chi connectivity index (χ4v) is 2.83. The summed E-state index contributed by atoms with van der Waals surface area (Å²) < 4.78 is 0. The molecular formula is C14H14N6. The number of hydrogen-bond donors (Lipinski definition) is 3. The summed E-state index contributed by atoms with van der Waals surface area (Å²) in [7, 11) is 0. The lowest BCUT2D eigenvalue weighted by Crippen LogP contribution is -2.09. The first kappa shape index (κ1) is 11.2. The van der Waals surface area contributed by atoms with E-state index in [0.717, 1.165) is 29.9 Å². The molecule has 0 spiro atoms. The Kier molecular flexibility index (Phi) is 2.35. The number of imidazole rings is 1. The number of nitrogens with one attached hydrogen (secondary N) is 2. The molecule has 0 aliphatic heterocycles. The summed E-state index contributed by atoms with van der Waals surface area (Å²) in [6.07, 6.45) is 5.24. The molecule has 1 aliphatic carbocycles. The molecular weight excluding hydrogens is 252 g/mol. The smallest absolute Gasteiger partial charge is 0.182 e. The van der Waals surface area contributed by atoms with Gasteiger partial charge in [-0.05, 0) is 36.1 Å². The number of nitrogens with two attached hydrogens (primary N) is 1. The van der Waals surface area contributed by atoms with E-state index in [1.54, 1.807) is 6.33 Å². The molecule has 4 rings (SSSR count). The summed E-state index contributed by atoms with van der Waals surface area (Å²) in [6.45, 7) is 0. The van der Waals surface area contributed by atoms with Gasteiger partial charge in [0.05, 0.1) is 12.4 Å². The fraction of sp³-hybridized carbons (Fsp3) is 0.214. The average Bonchev–Trinajstić information content (AvgIpc) is 3.06. The van der Waals surface area contributed by atoms with Crippen LogP contribution in [0.4, 0.5) is 11.5 Å². The third-order valence-corrected chi connectivity index (χ3v) is 3.78. The predicted molar refractivity (Wildman–Crippen MR) is 77.2 cm³/mol. The van der Waals surface area contributed by atoms with Gasteiger partial charge in [-0.2, -0.15) is 0 Å². The lowest BCUT2D eigenvalue weighted by atomic mass is 10.1. The van der Waals surface area contributed by atoms with Crippen molar-refractivity contribution in [3.63, 3.8) is 0 Å². The Morgan fingerprint density at radius 3 is 3.15 bits per heavy atom. The Morgan fingerprint density at radius 2 is 2.20 bits per heavy atom. The second kappa shape index (κ2) is 4.19. The van der Waals surface area contributed by atoms with Gasteiger partial charge in [0, 0.05) is 5.69 Å². The normalized spacial score (nSPS) is 17.3. The summed E-state index contributed by atoms with van der Waals surface area (Å²) in [4.78, 5) is 15.7. The summed E-state index contributed by atoms with van der Waals surface area (Å²) in [5, 5.41) is 3.48. The zero-order valence-electron chi connectivity index (χ0n) is 10.8. The Labute approximate surface area is 115 Å². The molecule has 2 aromatic heterocycles. The average molecular weight is 266 g/mol. The van der Waals surface area contributed by atoms with Crippen LogP contribution < -0.4 is 11.1 Å². The molecule has 6 nitrogen and oxygen atoms in total. The fourth-order valence-electron chi connectivity index (χ4n) is 2.83. The number of aromatic amines is 1. The van der Waals surface area contributed by atoms with Gasteiger partial charge in [-0.25, -0.2) is 15.0 Å². The minimum Gasteiger partial charge on any atom is -0.399 e. The van der Waals surface area contributed by atoms with Crippen LogP contribution in [-0.4, -0.2) is 19.9 Å². The standard InChI is InChI=1S/C14H14N6/c15-9-2-3-10-8(5-9)1-4-11(10)20-14-12-13(17-6-16-12)18-7-19-14/h2-3,5-7,11H,1,4,15H2,(H2,16,17,18,19,20). The molecule has 0 amide bonds. The molecule has 20 heavy (non-hydrogen) atoms. The van der Waals surface area contributed by atoms with Crippen molar-refractivity contribution in [1.82, 2.24) is 19.9 Å². The molecule has 1 atom stereocenters. The van der Waals surface area contributed by atoms with Crippen LogP contribution in [0.2, 0.25) is 0 Å². The van der Waals surface area contributed by atoms with Crippen LogP contribution in [0.25, 0.3) is 11.2 Å². The van der Waals surface area contributed by atoms with Crippen molar-refractivity contribution in [2.24, 2.45) is 0 Å². The van der Waals surface area contributed by atoms with E-state index in [-0.39, 0.29) is 6.04 Å². The third kappa shape index (κ3) is 1.69. The number of anilines is 2. The van der Waals surface area contributed by atoms with Gasteiger partial charge >= 0.3 is 0 Å². The first-order chi connectivity index (χ1) is 9.81. The molecule has 1 unspecified atom stereocenters. The van der Waals surface area contributed by atoms with E-state index in [1.165, 1.54) is 17.5 Å². The Balaban J connectivity index is 1.70. The largest absolute Gasteiger partial charge is 0.399 e. The number of hydrogen-bond acceptors (Lipinski definition) is 5. The first-order valence-corrected chi connectivity index (χ1v) is 6.60. The van der Waals surface area contributed by atoms with E-state index in [4.69, 9.17) is 5.73 Å². The van der Waals surface area contributed by atoms with E-state index in [9.17, 15) is 0 Å². The van der Waals surface area contributed by atoms with Gasteiger partial charge < -0.3 is 16.0 Å². The van der Waals surface area contributed by atoms with Gasteiger partial charge in [0.2, 0.25) is 0 Å². The molecule has 0 saturated carbocycles. The topological polar surface area (TPSA) is 92.5 Å². The van der Waals surface area contributed by atoms with Crippen molar-refractivity contribution in [2.75, 3.05) is 11.1 Å². The van der Waals surface area contributed by atoms with Crippen molar-refractivity contribution < 1.29 is 0 Å². The number of nitrogen functional groups attached to an aromatic ring is 1. The van der Waals surface area contributed by atoms with Gasteiger partial charge in [0.25, 0.3) is 0 Å². The Bertz CT molecular complexity index is 778. The van der Waals surface area contributed by atoms with Gasteiger partial charge in [-0.15, -0.1) is 0 Å². The van der Waals surface area contributed by atoms with Crippen LogP contribution in [0.3, 0.4) is 0 Å². The molecule has 0 radical (unpaired) electrons. The van der Waals surface area contributed by atoms with Crippen LogP contribution in [0, 0.1) is 0 Å². The number of aryl methyl sites for hydroxylation is 1. The molecule has 100 valence electrons. The van der Waals surface area contributed by atoms with Crippen LogP contribution in [0.1, 0.15) is 23.6 Å². The summed E-state index contributed by atoms with van der Waals surface area (Å²) >= 11 is 0. The van der Waals surface area contributed by atoms with E-state index in [1.807, 2.05) is 6.07 Å². The summed E-state index contributed by atoms with van der Waals surface area (Å²) in [5.41, 5.74) is 10.8. The number of nitrogens with zero attached hydrogens (tertiary/aromatic N) is 3. The molecule has 0 saturated heterocycles. The molecule has 6 heteroatoms. The highest BCUT2D eigenvalue weighted by Crippen LogP contribution is 2.35. The highest BCUT2D eigenvalue weighted by molar-refractivity contribution is 5.82. The number of H-pyrrole nitrogens is 1.